The molecular formula is C15H31ClO. The zero-order chi connectivity index (χ0) is 12.8. The fourth-order valence-corrected chi connectivity index (χ4v) is 2.31. The fourth-order valence-electron chi connectivity index (χ4n) is 2.15. The van der Waals surface area contributed by atoms with Gasteiger partial charge in [-0.1, -0.05) is 89.2 Å². The molecule has 0 aromatic carbocycles. The highest BCUT2D eigenvalue weighted by Crippen LogP contribution is 2.13. The van der Waals surface area contributed by atoms with Crippen molar-refractivity contribution in [1.82, 2.24) is 0 Å². The number of halogens is 1. The molecule has 0 spiro atoms. The molecule has 1 N–H and O–H groups in total. The monoisotopic (exact) mass is 262 g/mol. The fraction of sp³-hybridized carbons (Fsp3) is 1.00. The smallest absolute Gasteiger partial charge is 0.128 e. The molecule has 0 aromatic rings. The number of unbranched alkanes of at least 4 members (excludes halogenated alkanes) is 11. The molecule has 0 bridgehead atoms. The zero-order valence-electron chi connectivity index (χ0n) is 11.6. The molecule has 0 saturated heterocycles. The molecule has 0 aliphatic heterocycles. The van der Waals surface area contributed by atoms with E-state index < -0.39 is 5.56 Å². The van der Waals surface area contributed by atoms with E-state index in [1.54, 1.807) is 0 Å². The van der Waals surface area contributed by atoms with Crippen LogP contribution in [-0.4, -0.2) is 10.7 Å². The van der Waals surface area contributed by atoms with Crippen LogP contribution in [0.4, 0.5) is 0 Å². The van der Waals surface area contributed by atoms with Crippen LogP contribution in [0, 0.1) is 0 Å². The molecule has 0 aliphatic carbocycles. The molecule has 0 heterocycles. The molecule has 0 rings (SSSR count). The predicted octanol–water partition coefficient (Wildman–Crippen LogP) is 5.63. The third-order valence-electron chi connectivity index (χ3n) is 3.30. The van der Waals surface area contributed by atoms with Gasteiger partial charge in [-0.25, -0.2) is 0 Å². The van der Waals surface area contributed by atoms with Gasteiger partial charge in [0.15, 0.2) is 0 Å². The van der Waals surface area contributed by atoms with Crippen LogP contribution in [0.1, 0.15) is 90.4 Å². The van der Waals surface area contributed by atoms with Crippen molar-refractivity contribution in [1.29, 1.82) is 0 Å². The molecule has 0 fully saturated rings. The number of alkyl halides is 1. The maximum atomic E-state index is 8.88. The molecule has 104 valence electrons. The van der Waals surface area contributed by atoms with Gasteiger partial charge < -0.3 is 5.11 Å². The Labute approximate surface area is 113 Å². The summed E-state index contributed by atoms with van der Waals surface area (Å²) in [4.78, 5) is 0. The largest absolute Gasteiger partial charge is 0.378 e. The number of rotatable bonds is 13. The summed E-state index contributed by atoms with van der Waals surface area (Å²) in [6.07, 6.45) is 17.0. The second kappa shape index (κ2) is 14.3. The third-order valence-corrected chi connectivity index (χ3v) is 3.51. The molecule has 0 aromatic heterocycles. The standard InChI is InChI=1S/C15H31ClO/c1-2-3-4-5-6-7-8-9-10-11-12-13-14-15(16)17/h15,17H,2-14H2,1H3. The average molecular weight is 263 g/mol. The Bertz CT molecular complexity index is 137. The minimum absolute atomic E-state index is 0.627. The molecule has 1 nitrogen and oxygen atoms in total. The number of hydrogen-bond acceptors (Lipinski definition) is 1. The van der Waals surface area contributed by atoms with Gasteiger partial charge in [0, 0.05) is 0 Å². The first kappa shape index (κ1) is 17.2. The Hall–Kier alpha value is 0.250. The molecule has 0 saturated carbocycles. The van der Waals surface area contributed by atoms with E-state index >= 15 is 0 Å². The zero-order valence-corrected chi connectivity index (χ0v) is 12.4. The summed E-state index contributed by atoms with van der Waals surface area (Å²) in [5.41, 5.74) is -0.627. The number of aliphatic hydroxyl groups is 1. The molecule has 2 heteroatoms. The second-order valence-electron chi connectivity index (χ2n) is 5.11. The van der Waals surface area contributed by atoms with E-state index in [2.05, 4.69) is 6.92 Å². The van der Waals surface area contributed by atoms with E-state index in [-0.39, 0.29) is 0 Å². The molecule has 1 unspecified atom stereocenters. The molecule has 0 amide bonds. The van der Waals surface area contributed by atoms with Crippen LogP contribution in [0.25, 0.3) is 0 Å². The SMILES string of the molecule is CCCCCCCCCCCCCCC(O)Cl. The van der Waals surface area contributed by atoms with E-state index in [9.17, 15) is 0 Å². The van der Waals surface area contributed by atoms with Gasteiger partial charge >= 0.3 is 0 Å². The van der Waals surface area contributed by atoms with Gasteiger partial charge in [0.2, 0.25) is 0 Å². The van der Waals surface area contributed by atoms with Crippen molar-refractivity contribution >= 4 is 11.6 Å². The first-order valence-electron chi connectivity index (χ1n) is 7.59. The van der Waals surface area contributed by atoms with E-state index in [1.807, 2.05) is 0 Å². The van der Waals surface area contributed by atoms with Crippen molar-refractivity contribution in [3.8, 4) is 0 Å². The quantitative estimate of drug-likeness (QED) is 0.337. The summed E-state index contributed by atoms with van der Waals surface area (Å²) in [6, 6.07) is 0. The summed E-state index contributed by atoms with van der Waals surface area (Å²) < 4.78 is 0. The highest BCUT2D eigenvalue weighted by molar-refractivity contribution is 6.19. The van der Waals surface area contributed by atoms with E-state index in [1.165, 1.54) is 70.6 Å². The molecule has 0 aliphatic rings. The lowest BCUT2D eigenvalue weighted by Crippen LogP contribution is -1.94. The van der Waals surface area contributed by atoms with Crippen molar-refractivity contribution in [2.75, 3.05) is 0 Å². The molecule has 0 radical (unpaired) electrons. The second-order valence-corrected chi connectivity index (χ2v) is 5.62. The van der Waals surface area contributed by atoms with Crippen molar-refractivity contribution in [2.45, 2.75) is 96.0 Å². The number of aliphatic hydroxyl groups excluding tert-OH is 1. The van der Waals surface area contributed by atoms with Gasteiger partial charge in [0.1, 0.15) is 5.56 Å². The van der Waals surface area contributed by atoms with Gasteiger partial charge in [-0.15, -0.1) is 0 Å². The van der Waals surface area contributed by atoms with Crippen molar-refractivity contribution in [2.24, 2.45) is 0 Å². The van der Waals surface area contributed by atoms with Gasteiger partial charge in [-0.05, 0) is 12.8 Å². The third kappa shape index (κ3) is 16.2. The van der Waals surface area contributed by atoms with Crippen molar-refractivity contribution in [3.63, 3.8) is 0 Å². The van der Waals surface area contributed by atoms with Crippen LogP contribution < -0.4 is 0 Å². The Morgan fingerprint density at radius 1 is 0.706 bits per heavy atom. The predicted molar refractivity (Wildman–Crippen MR) is 77.6 cm³/mol. The lowest BCUT2D eigenvalue weighted by atomic mass is 10.0. The van der Waals surface area contributed by atoms with Crippen LogP contribution in [-0.2, 0) is 0 Å². The summed E-state index contributed by atoms with van der Waals surface area (Å²) in [5, 5.41) is 8.88. The van der Waals surface area contributed by atoms with Gasteiger partial charge in [-0.2, -0.15) is 0 Å². The average Bonchev–Trinajstić information content (AvgIpc) is 2.30. The summed E-state index contributed by atoms with van der Waals surface area (Å²) in [6.45, 7) is 2.27. The van der Waals surface area contributed by atoms with Crippen molar-refractivity contribution < 1.29 is 5.11 Å². The minimum Gasteiger partial charge on any atom is -0.378 e. The normalized spacial score (nSPS) is 12.9. The van der Waals surface area contributed by atoms with Crippen LogP contribution >= 0.6 is 11.6 Å². The van der Waals surface area contributed by atoms with Crippen molar-refractivity contribution in [3.05, 3.63) is 0 Å². The summed E-state index contributed by atoms with van der Waals surface area (Å²) in [7, 11) is 0. The molecule has 1 atom stereocenters. The van der Waals surface area contributed by atoms with Crippen LogP contribution in [0.3, 0.4) is 0 Å². The first-order chi connectivity index (χ1) is 8.27. The lowest BCUT2D eigenvalue weighted by molar-refractivity contribution is 0.240. The maximum absolute atomic E-state index is 8.88. The van der Waals surface area contributed by atoms with Crippen LogP contribution in [0.2, 0.25) is 0 Å². The van der Waals surface area contributed by atoms with Gasteiger partial charge in [-0.3, -0.25) is 0 Å². The van der Waals surface area contributed by atoms with Crippen LogP contribution in [0.5, 0.6) is 0 Å². The Morgan fingerprint density at radius 2 is 1.06 bits per heavy atom. The van der Waals surface area contributed by atoms with E-state index in [4.69, 9.17) is 16.7 Å². The topological polar surface area (TPSA) is 20.2 Å². The highest BCUT2D eigenvalue weighted by atomic mass is 35.5. The Morgan fingerprint density at radius 3 is 1.41 bits per heavy atom. The lowest BCUT2D eigenvalue weighted by Gasteiger charge is -2.03. The van der Waals surface area contributed by atoms with E-state index in [0.717, 1.165) is 12.8 Å². The maximum Gasteiger partial charge on any atom is 0.128 e. The summed E-state index contributed by atoms with van der Waals surface area (Å²) >= 11 is 5.47. The first-order valence-corrected chi connectivity index (χ1v) is 8.03. The Balaban J connectivity index is 2.89. The molecule has 17 heavy (non-hydrogen) atoms. The van der Waals surface area contributed by atoms with Crippen LogP contribution in [0.15, 0.2) is 0 Å². The van der Waals surface area contributed by atoms with Gasteiger partial charge in [0.05, 0.1) is 0 Å². The molecular weight excluding hydrogens is 232 g/mol. The minimum atomic E-state index is -0.627. The summed E-state index contributed by atoms with van der Waals surface area (Å²) in [5.74, 6) is 0. The highest BCUT2D eigenvalue weighted by Gasteiger charge is 1.97. The number of hydrogen-bond donors (Lipinski definition) is 1. The van der Waals surface area contributed by atoms with Gasteiger partial charge in [0.25, 0.3) is 0 Å². The van der Waals surface area contributed by atoms with E-state index in [0.29, 0.717) is 0 Å². The Kier molecular flexibility index (Phi) is 14.5.